The molecule has 1 heterocycles. The van der Waals surface area contributed by atoms with Crippen molar-refractivity contribution in [1.82, 2.24) is 4.57 Å². The molecule has 3 nitrogen and oxygen atoms in total. The summed E-state index contributed by atoms with van der Waals surface area (Å²) in [5.74, 6) is -0.133. The number of halogens is 1. The maximum absolute atomic E-state index is 11.0. The van der Waals surface area contributed by atoms with E-state index in [-0.39, 0.29) is 11.2 Å². The number of carbonyl (C=O) groups excluding carboxylic acids is 1. The summed E-state index contributed by atoms with van der Waals surface area (Å²) in [6.07, 6.45) is 1.57. The van der Waals surface area contributed by atoms with Gasteiger partial charge in [-0.3, -0.25) is 9.36 Å². The number of hydrogen-bond donors (Lipinski definition) is 0. The molecule has 1 aromatic heterocycles. The smallest absolute Gasteiger partial charge is 0.242 e. The number of rotatable bonds is 1. The summed E-state index contributed by atoms with van der Waals surface area (Å²) in [4.78, 5) is 11.0. The highest BCUT2D eigenvalue weighted by atomic mass is 79.9. The molecule has 4 heteroatoms. The van der Waals surface area contributed by atoms with Crippen LogP contribution in [0.1, 0.15) is 10.5 Å². The lowest BCUT2D eigenvalue weighted by Gasteiger charge is -1.97. The normalized spacial score (nSPS) is 9.09. The molecule has 0 aromatic carbocycles. The third-order valence-corrected chi connectivity index (χ3v) is 1.73. The van der Waals surface area contributed by atoms with Crippen molar-refractivity contribution in [3.63, 3.8) is 0 Å². The Balaban J connectivity index is 3.05. The first-order chi connectivity index (χ1) is 5.29. The van der Waals surface area contributed by atoms with Gasteiger partial charge in [-0.2, -0.15) is 5.26 Å². The molecular formula is C7H5BrN2O. The molecule has 0 aliphatic rings. The van der Waals surface area contributed by atoms with Crippen LogP contribution in [0.5, 0.6) is 0 Å². The fraction of sp³-hybridized carbons (Fsp3) is 0.143. The summed E-state index contributed by atoms with van der Waals surface area (Å²) in [6.45, 7) is 0. The highest BCUT2D eigenvalue weighted by Gasteiger charge is 2.05. The van der Waals surface area contributed by atoms with Crippen LogP contribution >= 0.6 is 15.9 Å². The number of aromatic nitrogens is 1. The standard InChI is InChI=1S/C7H5BrN2O/c8-4-7(11)10-3-1-2-6(10)5-9/h1-3H,4H2. The van der Waals surface area contributed by atoms with Gasteiger partial charge in [0.05, 0.1) is 5.33 Å². The molecule has 1 aromatic rings. The number of nitrogens with zero attached hydrogens (tertiary/aromatic N) is 2. The van der Waals surface area contributed by atoms with E-state index in [1.165, 1.54) is 4.57 Å². The average molecular weight is 213 g/mol. The van der Waals surface area contributed by atoms with Gasteiger partial charge in [0.2, 0.25) is 5.91 Å². The molecule has 0 radical (unpaired) electrons. The van der Waals surface area contributed by atoms with Crippen molar-refractivity contribution >= 4 is 21.8 Å². The van der Waals surface area contributed by atoms with Gasteiger partial charge in [0.25, 0.3) is 0 Å². The van der Waals surface area contributed by atoms with Crippen LogP contribution in [-0.4, -0.2) is 15.8 Å². The highest BCUT2D eigenvalue weighted by Crippen LogP contribution is 2.00. The zero-order valence-corrected chi connectivity index (χ0v) is 7.21. The minimum Gasteiger partial charge on any atom is -0.278 e. The van der Waals surface area contributed by atoms with Gasteiger partial charge in [0.15, 0.2) is 0 Å². The van der Waals surface area contributed by atoms with E-state index in [0.717, 1.165) is 0 Å². The molecule has 0 amide bonds. The van der Waals surface area contributed by atoms with Gasteiger partial charge in [-0.05, 0) is 12.1 Å². The van der Waals surface area contributed by atoms with E-state index in [2.05, 4.69) is 15.9 Å². The van der Waals surface area contributed by atoms with E-state index >= 15 is 0 Å². The monoisotopic (exact) mass is 212 g/mol. The highest BCUT2D eigenvalue weighted by molar-refractivity contribution is 9.09. The molecule has 0 fully saturated rings. The van der Waals surface area contributed by atoms with E-state index in [4.69, 9.17) is 5.26 Å². The lowest BCUT2D eigenvalue weighted by molar-refractivity contribution is 0.0942. The summed E-state index contributed by atoms with van der Waals surface area (Å²) in [6, 6.07) is 5.18. The van der Waals surface area contributed by atoms with Crippen LogP contribution in [0.3, 0.4) is 0 Å². The minimum atomic E-state index is -0.133. The molecule has 0 saturated heterocycles. The molecule has 0 N–H and O–H groups in total. The number of alkyl halides is 1. The lowest BCUT2D eigenvalue weighted by Crippen LogP contribution is -2.11. The van der Waals surface area contributed by atoms with E-state index < -0.39 is 0 Å². The fourth-order valence-corrected chi connectivity index (χ4v) is 1.02. The third kappa shape index (κ3) is 1.49. The second-order valence-corrected chi connectivity index (χ2v) is 2.46. The Labute approximate surface area is 72.4 Å². The zero-order chi connectivity index (χ0) is 8.27. The first-order valence-electron chi connectivity index (χ1n) is 2.96. The predicted octanol–water partition coefficient (Wildman–Crippen LogP) is 1.39. The second-order valence-electron chi connectivity index (χ2n) is 1.90. The Kier molecular flexibility index (Phi) is 2.44. The van der Waals surface area contributed by atoms with Crippen LogP contribution in [0.2, 0.25) is 0 Å². The van der Waals surface area contributed by atoms with Crippen LogP contribution in [0.4, 0.5) is 0 Å². The predicted molar refractivity (Wildman–Crippen MR) is 43.6 cm³/mol. The molecule has 0 aliphatic heterocycles. The topological polar surface area (TPSA) is 45.8 Å². The Morgan fingerprint density at radius 1 is 1.82 bits per heavy atom. The minimum absolute atomic E-state index is 0.133. The van der Waals surface area contributed by atoms with Gasteiger partial charge in [0, 0.05) is 6.20 Å². The average Bonchev–Trinajstić information content (AvgIpc) is 2.50. The summed E-state index contributed by atoms with van der Waals surface area (Å²) >= 11 is 3.02. The lowest BCUT2D eigenvalue weighted by atomic mass is 10.5. The summed E-state index contributed by atoms with van der Waals surface area (Å²) < 4.78 is 1.31. The van der Waals surface area contributed by atoms with Crippen molar-refractivity contribution in [2.75, 3.05) is 5.33 Å². The molecule has 0 spiro atoms. The van der Waals surface area contributed by atoms with Crippen molar-refractivity contribution in [2.24, 2.45) is 0 Å². The second kappa shape index (κ2) is 3.35. The van der Waals surface area contributed by atoms with Gasteiger partial charge in [0.1, 0.15) is 11.8 Å². The largest absolute Gasteiger partial charge is 0.278 e. The van der Waals surface area contributed by atoms with Crippen LogP contribution in [0.25, 0.3) is 0 Å². The van der Waals surface area contributed by atoms with Crippen LogP contribution < -0.4 is 0 Å². The summed E-state index contributed by atoms with van der Waals surface area (Å²) in [5, 5.41) is 8.75. The number of nitriles is 1. The van der Waals surface area contributed by atoms with Crippen molar-refractivity contribution < 1.29 is 4.79 Å². The van der Waals surface area contributed by atoms with Crippen molar-refractivity contribution in [1.29, 1.82) is 5.26 Å². The molecule has 0 aliphatic carbocycles. The van der Waals surface area contributed by atoms with Crippen molar-refractivity contribution in [2.45, 2.75) is 0 Å². The molecule has 11 heavy (non-hydrogen) atoms. The first-order valence-corrected chi connectivity index (χ1v) is 4.08. The van der Waals surface area contributed by atoms with Crippen molar-refractivity contribution in [3.8, 4) is 6.07 Å². The van der Waals surface area contributed by atoms with E-state index in [1.54, 1.807) is 18.3 Å². The van der Waals surface area contributed by atoms with E-state index in [1.807, 2.05) is 6.07 Å². The maximum Gasteiger partial charge on any atom is 0.242 e. The van der Waals surface area contributed by atoms with Gasteiger partial charge in [-0.25, -0.2) is 0 Å². The third-order valence-electron chi connectivity index (χ3n) is 1.25. The molecule has 0 atom stereocenters. The first kappa shape index (κ1) is 8.02. The van der Waals surface area contributed by atoms with Crippen molar-refractivity contribution in [3.05, 3.63) is 24.0 Å². The SMILES string of the molecule is N#Cc1cccn1C(=O)CBr. The van der Waals surface area contributed by atoms with Gasteiger partial charge in [-0.1, -0.05) is 15.9 Å². The maximum atomic E-state index is 11.0. The van der Waals surface area contributed by atoms with E-state index in [0.29, 0.717) is 5.69 Å². The van der Waals surface area contributed by atoms with Gasteiger partial charge in [-0.15, -0.1) is 0 Å². The molecule has 1 rings (SSSR count). The molecule has 0 unspecified atom stereocenters. The molecule has 0 saturated carbocycles. The number of carbonyl (C=O) groups is 1. The Bertz CT molecular complexity index is 310. The molecule has 0 bridgehead atoms. The Morgan fingerprint density at radius 2 is 2.55 bits per heavy atom. The summed E-state index contributed by atoms with van der Waals surface area (Å²) in [5.41, 5.74) is 0.370. The Morgan fingerprint density at radius 3 is 3.09 bits per heavy atom. The quantitative estimate of drug-likeness (QED) is 0.661. The van der Waals surface area contributed by atoms with Crippen LogP contribution in [0, 0.1) is 11.3 Å². The number of hydrogen-bond acceptors (Lipinski definition) is 2. The van der Waals surface area contributed by atoms with Gasteiger partial charge < -0.3 is 0 Å². The fourth-order valence-electron chi connectivity index (χ4n) is 0.754. The van der Waals surface area contributed by atoms with Crippen LogP contribution in [-0.2, 0) is 0 Å². The summed E-state index contributed by atoms with van der Waals surface area (Å²) in [7, 11) is 0. The zero-order valence-electron chi connectivity index (χ0n) is 5.62. The van der Waals surface area contributed by atoms with E-state index in [9.17, 15) is 4.79 Å². The Hall–Kier alpha value is -1.08. The van der Waals surface area contributed by atoms with Gasteiger partial charge >= 0.3 is 0 Å². The van der Waals surface area contributed by atoms with Crippen LogP contribution in [0.15, 0.2) is 18.3 Å². The molecule has 56 valence electrons. The molecular weight excluding hydrogens is 208 g/mol.